The summed E-state index contributed by atoms with van der Waals surface area (Å²) in [6, 6.07) is 13.4. The molecule has 0 amide bonds. The molecule has 0 bridgehead atoms. The van der Waals surface area contributed by atoms with Crippen molar-refractivity contribution in [2.75, 3.05) is 0 Å². The van der Waals surface area contributed by atoms with Crippen molar-refractivity contribution in [3.63, 3.8) is 0 Å². The van der Waals surface area contributed by atoms with Crippen molar-refractivity contribution in [1.82, 2.24) is 0 Å². The second-order valence-electron chi connectivity index (χ2n) is 8.48. The minimum Gasteiger partial charge on any atom is -0.426 e. The Hall–Kier alpha value is -2.11. The fourth-order valence-electron chi connectivity index (χ4n) is 4.34. The van der Waals surface area contributed by atoms with E-state index < -0.39 is 18.0 Å². The highest BCUT2D eigenvalue weighted by atomic mass is 19.4. The highest BCUT2D eigenvalue weighted by Gasteiger charge is 2.61. The molecule has 0 radical (unpaired) electrons. The number of alkyl halides is 5. The Balaban J connectivity index is 1.57. The molecule has 2 aromatic rings. The van der Waals surface area contributed by atoms with Gasteiger partial charge in [-0.05, 0) is 66.3 Å². The molecule has 3 rings (SSSR count). The lowest BCUT2D eigenvalue weighted by Gasteiger charge is -2.29. The summed E-state index contributed by atoms with van der Waals surface area (Å²) < 4.78 is 66.7. The summed E-state index contributed by atoms with van der Waals surface area (Å²) in [6.45, 7) is 2.23. The lowest BCUT2D eigenvalue weighted by Crippen LogP contribution is -2.41. The Bertz CT molecular complexity index is 803. The van der Waals surface area contributed by atoms with Gasteiger partial charge in [0.15, 0.2) is 0 Å². The lowest BCUT2D eigenvalue weighted by molar-refractivity contribution is -0.360. The van der Waals surface area contributed by atoms with E-state index in [1.54, 1.807) is 0 Å². The molecular formula is C25H29F5O. The van der Waals surface area contributed by atoms with Gasteiger partial charge >= 0.3 is 12.3 Å². The molecule has 1 saturated carbocycles. The molecule has 1 nitrogen and oxygen atoms in total. The van der Waals surface area contributed by atoms with E-state index in [4.69, 9.17) is 0 Å². The SMILES string of the molecule is CCCCCC1CCC(c2ccc(-c3ccc(OC(F)(F)C(F)(F)F)cc3)cc2)CC1. The van der Waals surface area contributed by atoms with Crippen LogP contribution in [0.15, 0.2) is 48.5 Å². The Labute approximate surface area is 180 Å². The maximum atomic E-state index is 13.0. The Kier molecular flexibility index (Phi) is 7.60. The van der Waals surface area contributed by atoms with Gasteiger partial charge in [-0.3, -0.25) is 0 Å². The zero-order chi connectivity index (χ0) is 22.5. The van der Waals surface area contributed by atoms with Gasteiger partial charge in [0.1, 0.15) is 5.75 Å². The third-order valence-electron chi connectivity index (χ3n) is 6.21. The predicted molar refractivity (Wildman–Crippen MR) is 112 cm³/mol. The number of rotatable bonds is 8. The summed E-state index contributed by atoms with van der Waals surface area (Å²) in [5.41, 5.74) is 2.92. The van der Waals surface area contributed by atoms with Crippen LogP contribution in [0, 0.1) is 5.92 Å². The van der Waals surface area contributed by atoms with E-state index in [2.05, 4.69) is 23.8 Å². The largest absolute Gasteiger partial charge is 0.499 e. The minimum absolute atomic E-state index is 0.529. The zero-order valence-electron chi connectivity index (χ0n) is 17.7. The number of halogens is 5. The highest BCUT2D eigenvalue weighted by Crippen LogP contribution is 2.39. The quantitative estimate of drug-likeness (QED) is 0.294. The maximum absolute atomic E-state index is 13.0. The van der Waals surface area contributed by atoms with Crippen molar-refractivity contribution in [2.45, 2.75) is 76.5 Å². The van der Waals surface area contributed by atoms with Crippen LogP contribution in [-0.4, -0.2) is 12.3 Å². The predicted octanol–water partition coefficient (Wildman–Crippen LogP) is 8.74. The van der Waals surface area contributed by atoms with E-state index in [1.807, 2.05) is 12.1 Å². The third-order valence-corrected chi connectivity index (χ3v) is 6.21. The fourth-order valence-corrected chi connectivity index (χ4v) is 4.34. The summed E-state index contributed by atoms with van der Waals surface area (Å²) in [5.74, 6) is 0.891. The molecule has 170 valence electrons. The molecule has 1 aliphatic rings. The van der Waals surface area contributed by atoms with Gasteiger partial charge in [0.05, 0.1) is 0 Å². The van der Waals surface area contributed by atoms with Crippen LogP contribution in [-0.2, 0) is 0 Å². The molecule has 6 heteroatoms. The highest BCUT2D eigenvalue weighted by molar-refractivity contribution is 5.64. The van der Waals surface area contributed by atoms with Gasteiger partial charge in [-0.2, -0.15) is 22.0 Å². The molecule has 2 aromatic carbocycles. The van der Waals surface area contributed by atoms with Crippen LogP contribution in [0.4, 0.5) is 22.0 Å². The van der Waals surface area contributed by atoms with Crippen molar-refractivity contribution < 1.29 is 26.7 Å². The van der Waals surface area contributed by atoms with Gasteiger partial charge in [-0.25, -0.2) is 0 Å². The summed E-state index contributed by atoms with van der Waals surface area (Å²) >= 11 is 0. The molecule has 0 aliphatic heterocycles. The molecule has 0 spiro atoms. The zero-order valence-corrected chi connectivity index (χ0v) is 17.7. The smallest absolute Gasteiger partial charge is 0.426 e. The van der Waals surface area contributed by atoms with Crippen molar-refractivity contribution >= 4 is 0 Å². The Morgan fingerprint density at radius 3 is 1.84 bits per heavy atom. The monoisotopic (exact) mass is 440 g/mol. The first-order chi connectivity index (χ1) is 14.7. The number of hydrogen-bond donors (Lipinski definition) is 0. The Morgan fingerprint density at radius 1 is 0.774 bits per heavy atom. The average molecular weight is 440 g/mol. The lowest BCUT2D eigenvalue weighted by atomic mass is 9.77. The van der Waals surface area contributed by atoms with Crippen LogP contribution in [0.5, 0.6) is 5.75 Å². The Morgan fingerprint density at radius 2 is 1.32 bits per heavy atom. The summed E-state index contributed by atoms with van der Waals surface area (Å²) in [7, 11) is 0. The van der Waals surface area contributed by atoms with Crippen molar-refractivity contribution in [1.29, 1.82) is 0 Å². The van der Waals surface area contributed by atoms with Gasteiger partial charge < -0.3 is 4.74 Å². The van der Waals surface area contributed by atoms with E-state index in [0.29, 0.717) is 5.92 Å². The van der Waals surface area contributed by atoms with Crippen LogP contribution in [0.1, 0.15) is 69.8 Å². The van der Waals surface area contributed by atoms with Crippen LogP contribution in [0.2, 0.25) is 0 Å². The van der Waals surface area contributed by atoms with Crippen LogP contribution in [0.25, 0.3) is 11.1 Å². The molecule has 0 N–H and O–H groups in total. The number of ether oxygens (including phenoxy) is 1. The van der Waals surface area contributed by atoms with Gasteiger partial charge in [0, 0.05) is 0 Å². The van der Waals surface area contributed by atoms with Gasteiger partial charge in [0.25, 0.3) is 0 Å². The topological polar surface area (TPSA) is 9.23 Å². The molecule has 1 aliphatic carbocycles. The second kappa shape index (κ2) is 10.0. The molecule has 0 atom stereocenters. The maximum Gasteiger partial charge on any atom is 0.499 e. The molecule has 0 unspecified atom stereocenters. The van der Waals surface area contributed by atoms with Gasteiger partial charge in [-0.15, -0.1) is 0 Å². The van der Waals surface area contributed by atoms with E-state index >= 15 is 0 Å². The molecule has 1 fully saturated rings. The van der Waals surface area contributed by atoms with E-state index in [9.17, 15) is 22.0 Å². The standard InChI is InChI=1S/C25H29F5O/c1-2-3-4-5-18-6-8-19(9-7-18)20-10-12-21(13-11-20)22-14-16-23(17-15-22)31-25(29,30)24(26,27)28/h10-19H,2-9H2,1H3. The van der Waals surface area contributed by atoms with E-state index in [-0.39, 0.29) is 0 Å². The van der Waals surface area contributed by atoms with Crippen LogP contribution < -0.4 is 4.74 Å². The first kappa shape index (κ1) is 23.6. The summed E-state index contributed by atoms with van der Waals surface area (Å²) in [6.07, 6.45) is -0.754. The summed E-state index contributed by atoms with van der Waals surface area (Å²) in [5, 5.41) is 0. The molecule has 0 saturated heterocycles. The first-order valence-corrected chi connectivity index (χ1v) is 11.0. The fraction of sp³-hybridized carbons (Fsp3) is 0.520. The van der Waals surface area contributed by atoms with Crippen LogP contribution in [0.3, 0.4) is 0 Å². The van der Waals surface area contributed by atoms with Crippen molar-refractivity contribution in [3.8, 4) is 16.9 Å². The molecule has 31 heavy (non-hydrogen) atoms. The van der Waals surface area contributed by atoms with Gasteiger partial charge in [0.2, 0.25) is 0 Å². The molecule has 0 heterocycles. The number of hydrogen-bond acceptors (Lipinski definition) is 1. The summed E-state index contributed by atoms with van der Waals surface area (Å²) in [4.78, 5) is 0. The normalized spacial score (nSPS) is 19.9. The van der Waals surface area contributed by atoms with Crippen LogP contribution >= 0.6 is 0 Å². The van der Waals surface area contributed by atoms with Crippen molar-refractivity contribution in [3.05, 3.63) is 54.1 Å². The molecule has 0 aromatic heterocycles. The second-order valence-corrected chi connectivity index (χ2v) is 8.48. The van der Waals surface area contributed by atoms with E-state index in [0.717, 1.165) is 29.2 Å². The molecular weight excluding hydrogens is 411 g/mol. The van der Waals surface area contributed by atoms with Gasteiger partial charge in [-0.1, -0.05) is 69.0 Å². The first-order valence-electron chi connectivity index (χ1n) is 11.0. The minimum atomic E-state index is -5.75. The van der Waals surface area contributed by atoms with Crippen molar-refractivity contribution in [2.24, 2.45) is 5.92 Å². The number of benzene rings is 2. The van der Waals surface area contributed by atoms with E-state index in [1.165, 1.54) is 69.1 Å². The average Bonchev–Trinajstić information content (AvgIpc) is 2.74. The number of unbranched alkanes of at least 4 members (excludes halogenated alkanes) is 2. The third kappa shape index (κ3) is 6.20.